The zero-order chi connectivity index (χ0) is 11.3. The van der Waals surface area contributed by atoms with Gasteiger partial charge in [0.05, 0.1) is 12.9 Å². The number of ether oxygens (including phenoxy) is 1. The monoisotopic (exact) mass is 228 g/mol. The molecule has 0 spiro atoms. The Balaban J connectivity index is 2.29. The highest BCUT2D eigenvalue weighted by molar-refractivity contribution is 7.80. The smallest absolute Gasteiger partial charge is 0.129 e. The van der Waals surface area contributed by atoms with E-state index in [0.29, 0.717) is 12.5 Å². The minimum absolute atomic E-state index is 0.241. The van der Waals surface area contributed by atoms with E-state index in [9.17, 15) is 0 Å². The van der Waals surface area contributed by atoms with Crippen LogP contribution < -0.4 is 0 Å². The van der Waals surface area contributed by atoms with Crippen LogP contribution >= 0.6 is 12.6 Å². The van der Waals surface area contributed by atoms with Gasteiger partial charge in [-0.25, -0.2) is 0 Å². The fourth-order valence-corrected chi connectivity index (χ4v) is 1.93. The Morgan fingerprint density at radius 2 is 2.20 bits per heavy atom. The Morgan fingerprint density at radius 1 is 1.47 bits per heavy atom. The van der Waals surface area contributed by atoms with Crippen molar-refractivity contribution in [3.8, 4) is 0 Å². The van der Waals surface area contributed by atoms with Gasteiger partial charge in [0.25, 0.3) is 0 Å². The van der Waals surface area contributed by atoms with Crippen LogP contribution in [0.2, 0.25) is 0 Å². The maximum absolute atomic E-state index is 5.61. The normalized spacial score (nSPS) is 14.1. The zero-order valence-electron chi connectivity index (χ0n) is 9.69. The van der Waals surface area contributed by atoms with E-state index < -0.39 is 0 Å². The average Bonchev–Trinajstić information content (AvgIpc) is 2.62. The van der Waals surface area contributed by atoms with Gasteiger partial charge >= 0.3 is 0 Å². The van der Waals surface area contributed by atoms with Crippen LogP contribution in [0.5, 0.6) is 0 Å². The second-order valence-corrected chi connectivity index (χ2v) is 5.21. The molecule has 0 saturated heterocycles. The third-order valence-electron chi connectivity index (χ3n) is 2.59. The molecule has 86 valence electrons. The van der Waals surface area contributed by atoms with Crippen molar-refractivity contribution in [2.45, 2.75) is 27.4 Å². The van der Waals surface area contributed by atoms with Gasteiger partial charge in [-0.2, -0.15) is 12.6 Å². The molecule has 1 aromatic heterocycles. The van der Waals surface area contributed by atoms with Gasteiger partial charge in [-0.1, -0.05) is 20.8 Å². The van der Waals surface area contributed by atoms with Crippen molar-refractivity contribution in [1.82, 2.24) is 0 Å². The van der Waals surface area contributed by atoms with Crippen LogP contribution in [0.3, 0.4) is 0 Å². The predicted octanol–water partition coefficient (Wildman–Crippen LogP) is 3.39. The fourth-order valence-electron chi connectivity index (χ4n) is 1.27. The molecule has 0 N–H and O–H groups in total. The summed E-state index contributed by atoms with van der Waals surface area (Å²) in [5.41, 5.74) is 0.241. The predicted molar refractivity (Wildman–Crippen MR) is 65.2 cm³/mol. The molecule has 1 unspecified atom stereocenters. The minimum Gasteiger partial charge on any atom is -0.467 e. The minimum atomic E-state index is 0.241. The molecule has 1 rings (SSSR count). The Hall–Kier alpha value is -0.410. The molecule has 1 atom stereocenters. The van der Waals surface area contributed by atoms with E-state index in [2.05, 4.69) is 33.4 Å². The first kappa shape index (κ1) is 12.7. The molecule has 2 nitrogen and oxygen atoms in total. The van der Waals surface area contributed by atoms with E-state index in [4.69, 9.17) is 9.15 Å². The molecule has 0 bridgehead atoms. The number of rotatable bonds is 5. The van der Waals surface area contributed by atoms with Gasteiger partial charge in [-0.3, -0.25) is 0 Å². The Kier molecular flexibility index (Phi) is 4.74. The van der Waals surface area contributed by atoms with E-state index >= 15 is 0 Å². The first-order valence-electron chi connectivity index (χ1n) is 5.25. The standard InChI is InChI=1S/C12H20O2S/c1-12(2,3)10(9-15)7-13-8-11-5-4-6-14-11/h4-6,10,15H,7-9H2,1-3H3. The maximum atomic E-state index is 5.61. The highest BCUT2D eigenvalue weighted by Crippen LogP contribution is 2.27. The summed E-state index contributed by atoms with van der Waals surface area (Å²) >= 11 is 4.35. The van der Waals surface area contributed by atoms with Crippen molar-refractivity contribution >= 4 is 12.6 Å². The van der Waals surface area contributed by atoms with E-state index in [0.717, 1.165) is 18.1 Å². The van der Waals surface area contributed by atoms with E-state index in [1.807, 2.05) is 12.1 Å². The number of thiol groups is 1. The van der Waals surface area contributed by atoms with Crippen molar-refractivity contribution in [2.75, 3.05) is 12.4 Å². The van der Waals surface area contributed by atoms with Gasteiger partial charge in [0, 0.05) is 0 Å². The SMILES string of the molecule is CC(C)(C)C(CS)COCc1ccco1. The fraction of sp³-hybridized carbons (Fsp3) is 0.667. The summed E-state index contributed by atoms with van der Waals surface area (Å²) in [6.07, 6.45) is 1.67. The summed E-state index contributed by atoms with van der Waals surface area (Å²) in [5.74, 6) is 2.19. The van der Waals surface area contributed by atoms with Gasteiger partial charge in [-0.05, 0) is 29.2 Å². The molecule has 0 radical (unpaired) electrons. The van der Waals surface area contributed by atoms with Crippen molar-refractivity contribution in [3.05, 3.63) is 24.2 Å². The number of hydrogen-bond acceptors (Lipinski definition) is 3. The highest BCUT2D eigenvalue weighted by atomic mass is 32.1. The second kappa shape index (κ2) is 5.61. The summed E-state index contributed by atoms with van der Waals surface area (Å²) in [6, 6.07) is 3.80. The van der Waals surface area contributed by atoms with Crippen LogP contribution in [0.15, 0.2) is 22.8 Å². The maximum Gasteiger partial charge on any atom is 0.129 e. The molecule has 0 aliphatic carbocycles. The lowest BCUT2D eigenvalue weighted by molar-refractivity contribution is 0.0476. The third kappa shape index (κ3) is 4.31. The van der Waals surface area contributed by atoms with Gasteiger partial charge in [-0.15, -0.1) is 0 Å². The summed E-state index contributed by atoms with van der Waals surface area (Å²) in [5, 5.41) is 0. The summed E-state index contributed by atoms with van der Waals surface area (Å²) in [7, 11) is 0. The molecule has 0 aliphatic rings. The van der Waals surface area contributed by atoms with Gasteiger partial charge in [0.2, 0.25) is 0 Å². The Labute approximate surface area is 97.4 Å². The van der Waals surface area contributed by atoms with Crippen molar-refractivity contribution in [3.63, 3.8) is 0 Å². The molecule has 0 aromatic carbocycles. The lowest BCUT2D eigenvalue weighted by Crippen LogP contribution is -2.26. The molecule has 1 aromatic rings. The first-order chi connectivity index (χ1) is 7.04. The lowest BCUT2D eigenvalue weighted by Gasteiger charge is -2.28. The van der Waals surface area contributed by atoms with Crippen LogP contribution in [-0.4, -0.2) is 12.4 Å². The summed E-state index contributed by atoms with van der Waals surface area (Å²) < 4.78 is 10.8. The first-order valence-corrected chi connectivity index (χ1v) is 5.88. The van der Waals surface area contributed by atoms with E-state index in [1.165, 1.54) is 0 Å². The molecule has 0 amide bonds. The van der Waals surface area contributed by atoms with E-state index in [-0.39, 0.29) is 5.41 Å². The largest absolute Gasteiger partial charge is 0.467 e. The lowest BCUT2D eigenvalue weighted by atomic mass is 9.82. The van der Waals surface area contributed by atoms with Gasteiger partial charge in [0.15, 0.2) is 0 Å². The summed E-state index contributed by atoms with van der Waals surface area (Å²) in [6.45, 7) is 7.92. The number of furan rings is 1. The number of hydrogen-bond donors (Lipinski definition) is 1. The van der Waals surface area contributed by atoms with Crippen LogP contribution in [0.4, 0.5) is 0 Å². The van der Waals surface area contributed by atoms with Crippen LogP contribution in [-0.2, 0) is 11.3 Å². The van der Waals surface area contributed by atoms with Crippen molar-refractivity contribution < 1.29 is 9.15 Å². The molecular formula is C12H20O2S. The molecule has 15 heavy (non-hydrogen) atoms. The molecule has 1 heterocycles. The van der Waals surface area contributed by atoms with Gasteiger partial charge in [0.1, 0.15) is 12.4 Å². The Morgan fingerprint density at radius 3 is 2.67 bits per heavy atom. The highest BCUT2D eigenvalue weighted by Gasteiger charge is 2.23. The molecule has 0 saturated carbocycles. The average molecular weight is 228 g/mol. The van der Waals surface area contributed by atoms with Crippen LogP contribution in [0, 0.1) is 11.3 Å². The molecular weight excluding hydrogens is 208 g/mol. The van der Waals surface area contributed by atoms with E-state index in [1.54, 1.807) is 6.26 Å². The van der Waals surface area contributed by atoms with Gasteiger partial charge < -0.3 is 9.15 Å². The van der Waals surface area contributed by atoms with Crippen molar-refractivity contribution in [1.29, 1.82) is 0 Å². The molecule has 0 fully saturated rings. The Bertz CT molecular complexity index is 262. The van der Waals surface area contributed by atoms with Crippen molar-refractivity contribution in [2.24, 2.45) is 11.3 Å². The zero-order valence-corrected chi connectivity index (χ0v) is 10.6. The van der Waals surface area contributed by atoms with Crippen LogP contribution in [0.25, 0.3) is 0 Å². The van der Waals surface area contributed by atoms with Crippen LogP contribution in [0.1, 0.15) is 26.5 Å². The third-order valence-corrected chi connectivity index (χ3v) is 3.03. The molecule has 0 aliphatic heterocycles. The second-order valence-electron chi connectivity index (χ2n) is 4.84. The molecule has 3 heteroatoms. The summed E-state index contributed by atoms with van der Waals surface area (Å²) in [4.78, 5) is 0. The quantitative estimate of drug-likeness (QED) is 0.780. The topological polar surface area (TPSA) is 22.4 Å².